The number of rotatable bonds is 9. The summed E-state index contributed by atoms with van der Waals surface area (Å²) in [5, 5.41) is 11.7. The third-order valence-electron chi connectivity index (χ3n) is 6.07. The number of ether oxygens (including phenoxy) is 2. The number of likely N-dealkylation sites (tertiary alicyclic amines) is 1. The molecular formula is C26H32ClN3O3. The van der Waals surface area contributed by atoms with E-state index < -0.39 is 5.60 Å². The Labute approximate surface area is 200 Å². The molecule has 1 aromatic heterocycles. The van der Waals surface area contributed by atoms with Crippen LogP contribution in [0.15, 0.2) is 54.9 Å². The monoisotopic (exact) mass is 469 g/mol. The van der Waals surface area contributed by atoms with Crippen molar-refractivity contribution >= 4 is 11.6 Å². The Morgan fingerprint density at radius 2 is 1.94 bits per heavy atom. The molecule has 7 heteroatoms. The molecule has 176 valence electrons. The first-order chi connectivity index (χ1) is 15.9. The van der Waals surface area contributed by atoms with Crippen molar-refractivity contribution in [1.29, 1.82) is 0 Å². The lowest BCUT2D eigenvalue weighted by atomic mass is 9.93. The summed E-state index contributed by atoms with van der Waals surface area (Å²) in [7, 11) is 0. The van der Waals surface area contributed by atoms with E-state index in [4.69, 9.17) is 21.1 Å². The Hall–Kier alpha value is -2.54. The smallest absolute Gasteiger partial charge is 0.138 e. The molecule has 0 spiro atoms. The van der Waals surface area contributed by atoms with Crippen LogP contribution in [0, 0.1) is 13.8 Å². The third-order valence-corrected chi connectivity index (χ3v) is 6.38. The Morgan fingerprint density at radius 1 is 1.12 bits per heavy atom. The summed E-state index contributed by atoms with van der Waals surface area (Å²) >= 11 is 6.24. The fraction of sp³-hybridized carbons (Fsp3) is 0.423. The fourth-order valence-electron chi connectivity index (χ4n) is 4.24. The molecule has 33 heavy (non-hydrogen) atoms. The minimum atomic E-state index is -0.889. The van der Waals surface area contributed by atoms with Crippen LogP contribution in [0.1, 0.15) is 29.8 Å². The number of piperidine rings is 1. The second-order valence-electron chi connectivity index (χ2n) is 8.92. The second kappa shape index (κ2) is 10.6. The highest BCUT2D eigenvalue weighted by Crippen LogP contribution is 2.29. The number of aromatic nitrogens is 2. The van der Waals surface area contributed by atoms with Gasteiger partial charge in [-0.1, -0.05) is 29.8 Å². The van der Waals surface area contributed by atoms with E-state index in [1.807, 2.05) is 50.4 Å². The van der Waals surface area contributed by atoms with Crippen LogP contribution in [0.4, 0.5) is 0 Å². The van der Waals surface area contributed by atoms with Gasteiger partial charge in [0.1, 0.15) is 36.1 Å². The minimum absolute atomic E-state index is 0.232. The van der Waals surface area contributed by atoms with Crippen molar-refractivity contribution in [2.45, 2.75) is 45.4 Å². The van der Waals surface area contributed by atoms with Crippen molar-refractivity contribution in [3.05, 3.63) is 76.8 Å². The molecule has 1 atom stereocenters. The predicted octanol–water partition coefficient (Wildman–Crippen LogP) is 4.64. The zero-order valence-electron chi connectivity index (χ0n) is 19.3. The predicted molar refractivity (Wildman–Crippen MR) is 130 cm³/mol. The van der Waals surface area contributed by atoms with Crippen LogP contribution in [-0.2, 0) is 13.1 Å². The Kier molecular flexibility index (Phi) is 7.58. The van der Waals surface area contributed by atoms with Crippen LogP contribution in [0.3, 0.4) is 0 Å². The van der Waals surface area contributed by atoms with Gasteiger partial charge >= 0.3 is 0 Å². The van der Waals surface area contributed by atoms with Crippen LogP contribution in [0.2, 0.25) is 5.02 Å². The number of hydrogen-bond donors (Lipinski definition) is 1. The van der Waals surface area contributed by atoms with Gasteiger partial charge in [0.05, 0.1) is 11.6 Å². The van der Waals surface area contributed by atoms with Crippen LogP contribution in [-0.4, -0.2) is 51.5 Å². The van der Waals surface area contributed by atoms with Gasteiger partial charge in [-0.15, -0.1) is 0 Å². The molecule has 1 aliphatic rings. The highest BCUT2D eigenvalue weighted by atomic mass is 35.5. The van der Waals surface area contributed by atoms with E-state index in [1.54, 1.807) is 6.20 Å². The van der Waals surface area contributed by atoms with E-state index >= 15 is 0 Å². The van der Waals surface area contributed by atoms with E-state index in [1.165, 1.54) is 5.56 Å². The van der Waals surface area contributed by atoms with Gasteiger partial charge in [-0.2, -0.15) is 0 Å². The van der Waals surface area contributed by atoms with E-state index in [-0.39, 0.29) is 6.61 Å². The first-order valence-corrected chi connectivity index (χ1v) is 11.8. The molecule has 0 bridgehead atoms. The van der Waals surface area contributed by atoms with Gasteiger partial charge in [0, 0.05) is 25.5 Å². The summed E-state index contributed by atoms with van der Waals surface area (Å²) in [6.07, 6.45) is 5.41. The van der Waals surface area contributed by atoms with Crippen molar-refractivity contribution < 1.29 is 14.6 Å². The molecule has 6 nitrogen and oxygen atoms in total. The number of nitrogens with zero attached hydrogens (tertiary/aromatic N) is 3. The van der Waals surface area contributed by atoms with Crippen LogP contribution in [0.25, 0.3) is 0 Å². The zero-order chi connectivity index (χ0) is 23.3. The molecule has 0 amide bonds. The number of aryl methyl sites for hydroxylation is 2. The molecular weight excluding hydrogens is 438 g/mol. The highest BCUT2D eigenvalue weighted by molar-refractivity contribution is 6.32. The van der Waals surface area contributed by atoms with Crippen LogP contribution < -0.4 is 9.47 Å². The average Bonchev–Trinajstić information content (AvgIpc) is 3.20. The highest BCUT2D eigenvalue weighted by Gasteiger charge is 2.34. The van der Waals surface area contributed by atoms with Gasteiger partial charge in [0.25, 0.3) is 0 Å². The molecule has 4 rings (SSSR count). The topological polar surface area (TPSA) is 59.8 Å². The third kappa shape index (κ3) is 6.50. The van der Waals surface area contributed by atoms with Crippen LogP contribution in [0.5, 0.6) is 11.5 Å². The molecule has 1 aliphatic heterocycles. The number of benzene rings is 2. The van der Waals surface area contributed by atoms with E-state index in [2.05, 4.69) is 26.6 Å². The van der Waals surface area contributed by atoms with Crippen molar-refractivity contribution in [2.24, 2.45) is 0 Å². The summed E-state index contributed by atoms with van der Waals surface area (Å²) in [6.45, 7) is 7.89. The summed E-state index contributed by atoms with van der Waals surface area (Å²) in [4.78, 5) is 6.51. The van der Waals surface area contributed by atoms with Crippen molar-refractivity contribution in [2.75, 3.05) is 26.3 Å². The molecule has 1 fully saturated rings. The minimum Gasteiger partial charge on any atom is -0.492 e. The Balaban J connectivity index is 1.27. The summed E-state index contributed by atoms with van der Waals surface area (Å²) < 4.78 is 13.9. The maximum absolute atomic E-state index is 11.1. The van der Waals surface area contributed by atoms with E-state index in [9.17, 15) is 5.11 Å². The molecule has 2 aromatic carbocycles. The molecule has 3 aromatic rings. The molecule has 1 N–H and O–H groups in total. The van der Waals surface area contributed by atoms with Gasteiger partial charge < -0.3 is 19.1 Å². The van der Waals surface area contributed by atoms with Gasteiger partial charge in [-0.25, -0.2) is 4.98 Å². The maximum atomic E-state index is 11.1. The molecule has 0 aliphatic carbocycles. The average molecular weight is 470 g/mol. The molecule has 0 saturated carbocycles. The molecule has 1 saturated heterocycles. The zero-order valence-corrected chi connectivity index (χ0v) is 20.1. The van der Waals surface area contributed by atoms with Crippen molar-refractivity contribution in [1.82, 2.24) is 14.5 Å². The lowest BCUT2D eigenvalue weighted by Crippen LogP contribution is -2.51. The largest absolute Gasteiger partial charge is 0.492 e. The lowest BCUT2D eigenvalue weighted by molar-refractivity contribution is -0.0620. The molecule has 0 radical (unpaired) electrons. The number of aliphatic hydroxyl groups is 1. The summed E-state index contributed by atoms with van der Waals surface area (Å²) in [5.41, 5.74) is 1.38. The normalized spacial score (nSPS) is 18.9. The summed E-state index contributed by atoms with van der Waals surface area (Å²) in [5.74, 6) is 2.47. The number of hydrogen-bond acceptors (Lipinski definition) is 5. The van der Waals surface area contributed by atoms with E-state index in [0.717, 1.165) is 49.6 Å². The van der Waals surface area contributed by atoms with Gasteiger partial charge in [-0.05, 0) is 68.6 Å². The Morgan fingerprint density at radius 3 is 2.70 bits per heavy atom. The molecule has 2 heterocycles. The van der Waals surface area contributed by atoms with E-state index in [0.29, 0.717) is 23.9 Å². The van der Waals surface area contributed by atoms with Crippen LogP contribution >= 0.6 is 11.6 Å². The number of halogens is 1. The first kappa shape index (κ1) is 23.6. The fourth-order valence-corrected chi connectivity index (χ4v) is 4.42. The lowest BCUT2D eigenvalue weighted by Gasteiger charge is -2.39. The van der Waals surface area contributed by atoms with Crippen molar-refractivity contribution in [3.8, 4) is 11.5 Å². The van der Waals surface area contributed by atoms with Gasteiger partial charge in [0.15, 0.2) is 0 Å². The second-order valence-corrected chi connectivity index (χ2v) is 9.33. The Bertz CT molecular complexity index is 1050. The van der Waals surface area contributed by atoms with Crippen molar-refractivity contribution in [3.63, 3.8) is 0 Å². The standard InChI is InChI=1S/C26H32ClN3O3/c1-20-4-9-24(27)25(16-20)33-19-26(31)10-3-12-29(18-26)17-22-5-7-23(8-6-22)32-15-14-30-13-11-28-21(30)2/h4-9,11,13,16,31H,3,10,12,14-15,17-19H2,1-2H3/t26-/m0/s1. The first-order valence-electron chi connectivity index (χ1n) is 11.4. The summed E-state index contributed by atoms with van der Waals surface area (Å²) in [6, 6.07) is 13.9. The quantitative estimate of drug-likeness (QED) is 0.494. The SMILES string of the molecule is Cc1ccc(Cl)c(OC[C@]2(O)CCCN(Cc3ccc(OCCn4ccnc4C)cc3)C2)c1. The maximum Gasteiger partial charge on any atom is 0.138 e. The number of imidazole rings is 1. The number of β-amino-alcohol motifs (C(OH)–C–C–N with tert-alkyl or cyclic N) is 1. The molecule has 0 unspecified atom stereocenters. The van der Waals surface area contributed by atoms with Gasteiger partial charge in [0.2, 0.25) is 0 Å². The van der Waals surface area contributed by atoms with Gasteiger partial charge in [-0.3, -0.25) is 4.90 Å².